The first-order valence-electron chi connectivity index (χ1n) is 5.53. The van der Waals surface area contributed by atoms with Crippen LogP contribution < -0.4 is 0 Å². The molecule has 0 saturated carbocycles. The summed E-state index contributed by atoms with van der Waals surface area (Å²) < 4.78 is 0. The van der Waals surface area contributed by atoms with Crippen LogP contribution in [0.5, 0.6) is 0 Å². The molecule has 0 nitrogen and oxygen atoms in total. The van der Waals surface area contributed by atoms with Crippen LogP contribution in [-0.4, -0.2) is 0 Å². The Morgan fingerprint density at radius 3 is 2.28 bits per heavy atom. The second-order valence-electron chi connectivity index (χ2n) is 3.77. The van der Waals surface area contributed by atoms with Gasteiger partial charge in [0.1, 0.15) is 0 Å². The summed E-state index contributed by atoms with van der Waals surface area (Å²) in [5, 5.41) is 2.65. The van der Waals surface area contributed by atoms with E-state index in [-0.39, 0.29) is 0 Å². The fraction of sp³-hybridized carbons (Fsp3) is 0. The molecule has 0 aliphatic rings. The minimum atomic E-state index is -0.556. The van der Waals surface area contributed by atoms with Gasteiger partial charge in [-0.2, -0.15) is 12.1 Å². The van der Waals surface area contributed by atoms with Crippen LogP contribution in [0.25, 0.3) is 21.9 Å². The molecule has 3 aromatic carbocycles. The predicted molar refractivity (Wildman–Crippen MR) is 76.7 cm³/mol. The maximum atomic E-state index is 4.89. The van der Waals surface area contributed by atoms with Crippen molar-refractivity contribution in [2.75, 3.05) is 0 Å². The minimum Gasteiger partial charge on any atom is -0.168 e. The smallest absolute Gasteiger partial charge is 0.0279 e. The molecule has 0 aliphatic heterocycles. The molecule has 0 radical (unpaired) electrons. The van der Waals surface area contributed by atoms with Gasteiger partial charge < -0.3 is 0 Å². The summed E-state index contributed by atoms with van der Waals surface area (Å²) in [6.07, 6.45) is 0. The molecule has 3 aromatic rings. The van der Waals surface area contributed by atoms with E-state index in [9.17, 15) is 0 Å². The Kier molecular flexibility index (Phi) is 5.40. The van der Waals surface area contributed by atoms with E-state index in [4.69, 9.17) is 18.6 Å². The van der Waals surface area contributed by atoms with Crippen molar-refractivity contribution in [1.82, 2.24) is 0 Å². The molecular weight excluding hydrogens is 299 g/mol. The zero-order valence-corrected chi connectivity index (χ0v) is 12.7. The Morgan fingerprint density at radius 2 is 1.56 bits per heavy atom. The van der Waals surface area contributed by atoms with Crippen LogP contribution in [0, 0.1) is 0 Å². The third-order valence-electron chi connectivity index (χ3n) is 2.76. The molecule has 0 amide bonds. The second-order valence-corrected chi connectivity index (χ2v) is 6.35. The van der Waals surface area contributed by atoms with E-state index in [1.54, 1.807) is 0 Å². The number of halogens is 2. The summed E-state index contributed by atoms with van der Waals surface area (Å²) in [7, 11) is 9.78. The molecule has 0 unspecified atom stereocenters. The Morgan fingerprint density at radius 1 is 0.833 bits per heavy atom. The van der Waals surface area contributed by atoms with E-state index in [0.29, 0.717) is 0 Å². The molecule has 3 rings (SSSR count). The minimum absolute atomic E-state index is 0.556. The van der Waals surface area contributed by atoms with E-state index in [1.165, 1.54) is 21.9 Å². The molecule has 0 spiro atoms. The van der Waals surface area contributed by atoms with Crippen molar-refractivity contribution >= 4 is 29.4 Å². The van der Waals surface area contributed by atoms with Crippen LogP contribution in [0.4, 0.5) is 0 Å². The van der Waals surface area contributed by atoms with E-state index < -0.39 is 17.0 Å². The molecule has 0 aromatic heterocycles. The monoisotopic (exact) mass is 309 g/mol. The summed E-state index contributed by atoms with van der Waals surface area (Å²) in [5.41, 5.74) is 2.60. The summed E-state index contributed by atoms with van der Waals surface area (Å²) in [6.45, 7) is 0. The third kappa shape index (κ3) is 3.21. The normalized spacial score (nSPS) is 9.67. The van der Waals surface area contributed by atoms with Crippen molar-refractivity contribution in [3.05, 3.63) is 66.7 Å². The van der Waals surface area contributed by atoms with Crippen molar-refractivity contribution in [3.63, 3.8) is 0 Å². The average molecular weight is 310 g/mol. The standard InChI is InChI=1S/C15H11.2ClH.Ti/c1-2-6-12(7-3-1)14-10-4-8-13-9-5-11-15(13)14;;;/h1-11H;2*1H;/q-1;;;+2/p-2. The molecule has 0 bridgehead atoms. The number of benzene rings is 2. The van der Waals surface area contributed by atoms with Crippen molar-refractivity contribution in [3.8, 4) is 11.1 Å². The predicted octanol–water partition coefficient (Wildman–Crippen LogP) is 5.60. The second kappa shape index (κ2) is 7.06. The van der Waals surface area contributed by atoms with E-state index in [2.05, 4.69) is 66.7 Å². The van der Waals surface area contributed by atoms with Gasteiger partial charge in [-0.3, -0.25) is 0 Å². The van der Waals surface area contributed by atoms with E-state index in [1.807, 2.05) is 0 Å². The van der Waals surface area contributed by atoms with Gasteiger partial charge in [0.2, 0.25) is 0 Å². The Hall–Kier alpha value is -0.656. The first-order chi connectivity index (χ1) is 8.86. The molecule has 90 valence electrons. The molecule has 3 heteroatoms. The molecule has 18 heavy (non-hydrogen) atoms. The fourth-order valence-electron chi connectivity index (χ4n) is 2.03. The van der Waals surface area contributed by atoms with Crippen LogP contribution in [0.1, 0.15) is 0 Å². The summed E-state index contributed by atoms with van der Waals surface area (Å²) in [6, 6.07) is 23.4. The number of rotatable bonds is 1. The van der Waals surface area contributed by atoms with Crippen LogP contribution in [0.15, 0.2) is 66.7 Å². The summed E-state index contributed by atoms with van der Waals surface area (Å²) in [5.74, 6) is 0. The maximum Gasteiger partial charge on any atom is -0.0279 e. The van der Waals surface area contributed by atoms with E-state index >= 15 is 0 Å². The molecular formula is C15H11Cl2Ti-. The van der Waals surface area contributed by atoms with Crippen LogP contribution in [0.3, 0.4) is 0 Å². The Balaban J connectivity index is 0.000000367. The first-order valence-corrected chi connectivity index (χ1v) is 9.82. The van der Waals surface area contributed by atoms with Crippen LogP contribution >= 0.6 is 18.6 Å². The fourth-order valence-corrected chi connectivity index (χ4v) is 2.03. The summed E-state index contributed by atoms with van der Waals surface area (Å²) >= 11 is -0.556. The van der Waals surface area contributed by atoms with Gasteiger partial charge in [-0.05, 0) is 5.56 Å². The van der Waals surface area contributed by atoms with Crippen molar-refractivity contribution in [1.29, 1.82) is 0 Å². The Labute approximate surface area is 124 Å². The first kappa shape index (κ1) is 13.8. The van der Waals surface area contributed by atoms with Crippen LogP contribution in [0.2, 0.25) is 0 Å². The molecule has 0 heterocycles. The number of fused-ring (bicyclic) bond motifs is 1. The van der Waals surface area contributed by atoms with Crippen molar-refractivity contribution in [2.24, 2.45) is 0 Å². The van der Waals surface area contributed by atoms with Gasteiger partial charge in [-0.15, -0.1) is 29.0 Å². The van der Waals surface area contributed by atoms with Gasteiger partial charge in [0.15, 0.2) is 0 Å². The topological polar surface area (TPSA) is 0 Å². The van der Waals surface area contributed by atoms with Gasteiger partial charge in [0, 0.05) is 0 Å². The quantitative estimate of drug-likeness (QED) is 0.405. The average Bonchev–Trinajstić information content (AvgIpc) is 2.89. The SMILES string of the molecule is [Cl][Ti][Cl].c1ccc(-c2cccc3[cH-]ccc23)cc1. The number of hydrogen-bond donors (Lipinski definition) is 0. The van der Waals surface area contributed by atoms with Gasteiger partial charge in [0.25, 0.3) is 0 Å². The molecule has 0 fully saturated rings. The largest absolute Gasteiger partial charge is 0.168 e. The molecule has 0 N–H and O–H groups in total. The third-order valence-corrected chi connectivity index (χ3v) is 2.76. The zero-order chi connectivity index (χ0) is 12.8. The van der Waals surface area contributed by atoms with E-state index in [0.717, 1.165) is 0 Å². The van der Waals surface area contributed by atoms with Gasteiger partial charge in [-0.25, -0.2) is 0 Å². The van der Waals surface area contributed by atoms with Crippen LogP contribution in [-0.2, 0) is 17.0 Å². The molecule has 0 atom stereocenters. The number of hydrogen-bond acceptors (Lipinski definition) is 0. The Bertz CT molecular complexity index is 602. The molecule has 0 saturated heterocycles. The zero-order valence-electron chi connectivity index (χ0n) is 9.61. The van der Waals surface area contributed by atoms with Crippen molar-refractivity contribution < 1.29 is 17.0 Å². The van der Waals surface area contributed by atoms with Gasteiger partial charge >= 0.3 is 35.6 Å². The van der Waals surface area contributed by atoms with Gasteiger partial charge in [0.05, 0.1) is 0 Å². The maximum absolute atomic E-state index is 4.89. The molecule has 0 aliphatic carbocycles. The van der Waals surface area contributed by atoms with Crippen molar-refractivity contribution in [2.45, 2.75) is 0 Å². The summed E-state index contributed by atoms with van der Waals surface area (Å²) in [4.78, 5) is 0. The van der Waals surface area contributed by atoms with Gasteiger partial charge in [-0.1, -0.05) is 42.0 Å².